The van der Waals surface area contributed by atoms with Crippen LogP contribution in [0, 0.1) is 0 Å². The minimum atomic E-state index is -0.344. The molecule has 0 saturated carbocycles. The van der Waals surface area contributed by atoms with Crippen LogP contribution in [0.4, 0.5) is 0 Å². The molecule has 0 spiro atoms. The van der Waals surface area contributed by atoms with E-state index in [0.717, 1.165) is 36.6 Å². The van der Waals surface area contributed by atoms with E-state index in [-0.39, 0.29) is 11.9 Å². The van der Waals surface area contributed by atoms with E-state index >= 15 is 0 Å². The average Bonchev–Trinajstić information content (AvgIpc) is 3.28. The number of hydrogen-bond donors (Lipinski definition) is 0. The van der Waals surface area contributed by atoms with Crippen LogP contribution >= 0.6 is 0 Å². The molecule has 1 aliphatic rings. The number of carbonyl (C=O) groups is 1. The van der Waals surface area contributed by atoms with Crippen LogP contribution in [-0.4, -0.2) is 36.9 Å². The monoisotopic (exact) mass is 337 g/mol. The molecule has 1 aliphatic heterocycles. The standard InChI is InChI=1S/C18H19N5O2/c1-2-25-18(24)14-9-6-10-22-16(14)20-21-17(22)15-11-19-12-23(15)13-7-4-3-5-8-13/h3-5,7-8,11-12,14H,2,6,9-10H2,1H3. The van der Waals surface area contributed by atoms with Crippen molar-refractivity contribution in [2.24, 2.45) is 0 Å². The first-order valence-electron chi connectivity index (χ1n) is 8.47. The fourth-order valence-corrected chi connectivity index (χ4v) is 3.29. The second-order valence-corrected chi connectivity index (χ2v) is 5.96. The summed E-state index contributed by atoms with van der Waals surface area (Å²) in [6.45, 7) is 2.97. The topological polar surface area (TPSA) is 74.8 Å². The highest BCUT2D eigenvalue weighted by molar-refractivity contribution is 5.77. The fraction of sp³-hybridized carbons (Fsp3) is 0.333. The molecule has 4 rings (SSSR count). The van der Waals surface area contributed by atoms with Crippen LogP contribution in [-0.2, 0) is 16.1 Å². The average molecular weight is 337 g/mol. The molecule has 1 unspecified atom stereocenters. The molecule has 3 aromatic rings. The minimum absolute atomic E-state index is 0.223. The van der Waals surface area contributed by atoms with E-state index in [1.165, 1.54) is 0 Å². The van der Waals surface area contributed by atoms with Crippen LogP contribution < -0.4 is 0 Å². The maximum absolute atomic E-state index is 12.2. The molecule has 1 aromatic carbocycles. The van der Waals surface area contributed by atoms with Crippen molar-refractivity contribution in [2.75, 3.05) is 6.61 Å². The molecule has 1 atom stereocenters. The van der Waals surface area contributed by atoms with Gasteiger partial charge in [-0.3, -0.25) is 9.36 Å². The first-order valence-corrected chi connectivity index (χ1v) is 8.47. The Morgan fingerprint density at radius 1 is 1.28 bits per heavy atom. The van der Waals surface area contributed by atoms with Gasteiger partial charge < -0.3 is 9.30 Å². The summed E-state index contributed by atoms with van der Waals surface area (Å²) in [4.78, 5) is 16.5. The van der Waals surface area contributed by atoms with E-state index in [1.54, 1.807) is 12.5 Å². The predicted molar refractivity (Wildman–Crippen MR) is 91.2 cm³/mol. The molecule has 25 heavy (non-hydrogen) atoms. The van der Waals surface area contributed by atoms with Crippen molar-refractivity contribution in [3.05, 3.63) is 48.7 Å². The molecule has 0 radical (unpaired) electrons. The Morgan fingerprint density at radius 3 is 2.92 bits per heavy atom. The Hall–Kier alpha value is -2.96. The van der Waals surface area contributed by atoms with Gasteiger partial charge in [0.15, 0.2) is 5.82 Å². The summed E-state index contributed by atoms with van der Waals surface area (Å²) in [5.41, 5.74) is 1.86. The molecule has 2 aromatic heterocycles. The van der Waals surface area contributed by atoms with E-state index in [1.807, 2.05) is 46.4 Å². The van der Waals surface area contributed by atoms with Crippen molar-refractivity contribution in [1.82, 2.24) is 24.3 Å². The number of esters is 1. The zero-order chi connectivity index (χ0) is 17.2. The summed E-state index contributed by atoms with van der Waals surface area (Å²) in [7, 11) is 0. The summed E-state index contributed by atoms with van der Waals surface area (Å²) in [5.74, 6) is 0.841. The molecule has 7 heteroatoms. The highest BCUT2D eigenvalue weighted by Gasteiger charge is 2.32. The molecule has 0 fully saturated rings. The maximum atomic E-state index is 12.2. The van der Waals surface area contributed by atoms with Gasteiger partial charge in [0.05, 0.1) is 19.1 Å². The van der Waals surface area contributed by atoms with Crippen molar-refractivity contribution >= 4 is 5.97 Å². The molecular weight excluding hydrogens is 318 g/mol. The number of rotatable bonds is 4. The Balaban J connectivity index is 1.75. The molecule has 0 aliphatic carbocycles. The number of ether oxygens (including phenoxy) is 1. The third kappa shape index (κ3) is 2.71. The van der Waals surface area contributed by atoms with Gasteiger partial charge in [0.25, 0.3) is 0 Å². The molecule has 7 nitrogen and oxygen atoms in total. The van der Waals surface area contributed by atoms with Crippen LogP contribution in [0.3, 0.4) is 0 Å². The van der Waals surface area contributed by atoms with Crippen LogP contribution in [0.1, 0.15) is 31.5 Å². The van der Waals surface area contributed by atoms with Crippen LogP contribution in [0.2, 0.25) is 0 Å². The quantitative estimate of drug-likeness (QED) is 0.684. The van der Waals surface area contributed by atoms with E-state index in [4.69, 9.17) is 4.74 Å². The van der Waals surface area contributed by atoms with E-state index in [2.05, 4.69) is 15.2 Å². The lowest BCUT2D eigenvalue weighted by Crippen LogP contribution is -2.25. The number of imidazole rings is 1. The van der Waals surface area contributed by atoms with E-state index < -0.39 is 0 Å². The molecule has 0 amide bonds. The summed E-state index contributed by atoms with van der Waals surface area (Å²) in [6.07, 6.45) is 5.17. The van der Waals surface area contributed by atoms with Gasteiger partial charge in [-0.15, -0.1) is 10.2 Å². The first-order chi connectivity index (χ1) is 12.3. The third-order valence-corrected chi connectivity index (χ3v) is 4.44. The highest BCUT2D eigenvalue weighted by Crippen LogP contribution is 2.31. The summed E-state index contributed by atoms with van der Waals surface area (Å²) in [6, 6.07) is 9.97. The van der Waals surface area contributed by atoms with Crippen molar-refractivity contribution in [1.29, 1.82) is 0 Å². The van der Waals surface area contributed by atoms with Crippen molar-refractivity contribution in [3.63, 3.8) is 0 Å². The van der Waals surface area contributed by atoms with Gasteiger partial charge in [-0.25, -0.2) is 4.98 Å². The van der Waals surface area contributed by atoms with Gasteiger partial charge in [0, 0.05) is 12.2 Å². The van der Waals surface area contributed by atoms with E-state index in [0.29, 0.717) is 12.4 Å². The fourth-order valence-electron chi connectivity index (χ4n) is 3.29. The Morgan fingerprint density at radius 2 is 2.12 bits per heavy atom. The molecular formula is C18H19N5O2. The number of carbonyl (C=O) groups excluding carboxylic acids is 1. The number of aromatic nitrogens is 5. The first kappa shape index (κ1) is 15.6. The number of fused-ring (bicyclic) bond motifs is 1. The van der Waals surface area contributed by atoms with Crippen LogP contribution in [0.25, 0.3) is 17.2 Å². The highest BCUT2D eigenvalue weighted by atomic mass is 16.5. The second-order valence-electron chi connectivity index (χ2n) is 5.96. The zero-order valence-electron chi connectivity index (χ0n) is 14.0. The Bertz CT molecular complexity index is 884. The summed E-state index contributed by atoms with van der Waals surface area (Å²) < 4.78 is 9.19. The molecule has 0 bridgehead atoms. The number of para-hydroxylation sites is 1. The van der Waals surface area contributed by atoms with Crippen LogP contribution in [0.15, 0.2) is 42.9 Å². The largest absolute Gasteiger partial charge is 0.465 e. The molecule has 0 N–H and O–H groups in total. The molecule has 0 saturated heterocycles. The normalized spacial score (nSPS) is 16.4. The zero-order valence-corrected chi connectivity index (χ0v) is 14.0. The predicted octanol–water partition coefficient (Wildman–Crippen LogP) is 2.57. The Kier molecular flexibility index (Phi) is 4.05. The number of hydrogen-bond acceptors (Lipinski definition) is 5. The lowest BCUT2D eigenvalue weighted by atomic mass is 9.99. The smallest absolute Gasteiger partial charge is 0.316 e. The maximum Gasteiger partial charge on any atom is 0.316 e. The Labute approximate surface area is 145 Å². The minimum Gasteiger partial charge on any atom is -0.465 e. The lowest BCUT2D eigenvalue weighted by Gasteiger charge is -2.22. The van der Waals surface area contributed by atoms with Crippen molar-refractivity contribution in [2.45, 2.75) is 32.2 Å². The summed E-state index contributed by atoms with van der Waals surface area (Å²) >= 11 is 0. The van der Waals surface area contributed by atoms with Gasteiger partial charge in [-0.2, -0.15) is 0 Å². The van der Waals surface area contributed by atoms with Crippen molar-refractivity contribution < 1.29 is 9.53 Å². The van der Waals surface area contributed by atoms with Gasteiger partial charge in [-0.1, -0.05) is 18.2 Å². The van der Waals surface area contributed by atoms with Crippen molar-refractivity contribution in [3.8, 4) is 17.2 Å². The summed E-state index contributed by atoms with van der Waals surface area (Å²) in [5, 5.41) is 8.67. The van der Waals surface area contributed by atoms with Crippen LogP contribution in [0.5, 0.6) is 0 Å². The SMILES string of the molecule is CCOC(=O)C1CCCn2c(-c3cncn3-c3ccccc3)nnc21. The second kappa shape index (κ2) is 6.51. The third-order valence-electron chi connectivity index (χ3n) is 4.44. The lowest BCUT2D eigenvalue weighted by molar-refractivity contribution is -0.145. The van der Waals surface area contributed by atoms with E-state index in [9.17, 15) is 4.79 Å². The van der Waals surface area contributed by atoms with Gasteiger partial charge >= 0.3 is 5.97 Å². The molecule has 3 heterocycles. The van der Waals surface area contributed by atoms with Gasteiger partial charge in [-0.05, 0) is 31.9 Å². The van der Waals surface area contributed by atoms with Gasteiger partial charge in [0.1, 0.15) is 17.4 Å². The van der Waals surface area contributed by atoms with Gasteiger partial charge in [0.2, 0.25) is 0 Å². The number of benzene rings is 1. The number of nitrogens with zero attached hydrogens (tertiary/aromatic N) is 5. The molecule has 128 valence electrons.